The van der Waals surface area contributed by atoms with Crippen molar-refractivity contribution in [3.63, 3.8) is 0 Å². The Labute approximate surface area is 150 Å². The smallest absolute Gasteiger partial charge is 0.264 e. The number of aromatic nitrogens is 2. The summed E-state index contributed by atoms with van der Waals surface area (Å²) in [6.07, 6.45) is 0.0979. The van der Waals surface area contributed by atoms with Crippen molar-refractivity contribution in [1.82, 2.24) is 10.2 Å². The number of aryl methyl sites for hydroxylation is 1. The SMILES string of the molecule is C=C/C(C)=C(\C=C)C(F)F.CC.Cc1cccc2n[nH]c(C(C)C)c12. The van der Waals surface area contributed by atoms with Crippen molar-refractivity contribution < 1.29 is 8.78 Å². The molecule has 2 nitrogen and oxygen atoms in total. The number of fused-ring (bicyclic) bond motifs is 1. The third-order valence-electron chi connectivity index (χ3n) is 3.61. The van der Waals surface area contributed by atoms with Crippen molar-refractivity contribution in [2.75, 3.05) is 0 Å². The van der Waals surface area contributed by atoms with Crippen LogP contribution in [0.5, 0.6) is 0 Å². The lowest BCUT2D eigenvalue weighted by Gasteiger charge is -2.03. The Balaban J connectivity index is 0.000000434. The van der Waals surface area contributed by atoms with Crippen LogP contribution >= 0.6 is 0 Å². The van der Waals surface area contributed by atoms with E-state index >= 15 is 0 Å². The van der Waals surface area contributed by atoms with E-state index in [2.05, 4.69) is 50.2 Å². The summed E-state index contributed by atoms with van der Waals surface area (Å²) in [6, 6.07) is 6.22. The second-order valence-electron chi connectivity index (χ2n) is 5.61. The van der Waals surface area contributed by atoms with E-state index in [0.29, 0.717) is 11.5 Å². The van der Waals surface area contributed by atoms with E-state index in [4.69, 9.17) is 0 Å². The van der Waals surface area contributed by atoms with Crippen molar-refractivity contribution in [3.05, 3.63) is 65.9 Å². The number of aromatic amines is 1. The molecule has 138 valence electrons. The zero-order valence-electron chi connectivity index (χ0n) is 16.2. The minimum absolute atomic E-state index is 0.0463. The molecule has 1 aromatic carbocycles. The summed E-state index contributed by atoms with van der Waals surface area (Å²) < 4.78 is 23.9. The number of nitrogens with one attached hydrogen (secondary N) is 1. The summed E-state index contributed by atoms with van der Waals surface area (Å²) in [7, 11) is 0. The number of benzene rings is 1. The highest BCUT2D eigenvalue weighted by Crippen LogP contribution is 2.25. The van der Waals surface area contributed by atoms with Crippen molar-refractivity contribution in [1.29, 1.82) is 0 Å². The number of H-pyrrole nitrogens is 1. The Kier molecular flexibility index (Phi) is 10.3. The highest BCUT2D eigenvalue weighted by molar-refractivity contribution is 5.85. The molecule has 1 aromatic heterocycles. The molecule has 25 heavy (non-hydrogen) atoms. The lowest BCUT2D eigenvalue weighted by molar-refractivity contribution is 0.193. The number of rotatable bonds is 4. The topological polar surface area (TPSA) is 28.7 Å². The number of alkyl halides is 2. The van der Waals surface area contributed by atoms with Gasteiger partial charge in [0.15, 0.2) is 0 Å². The predicted octanol–water partition coefficient (Wildman–Crippen LogP) is 6.96. The van der Waals surface area contributed by atoms with Crippen LogP contribution < -0.4 is 0 Å². The van der Waals surface area contributed by atoms with E-state index in [-0.39, 0.29) is 5.57 Å². The van der Waals surface area contributed by atoms with Gasteiger partial charge in [-0.15, -0.1) is 0 Å². The van der Waals surface area contributed by atoms with E-state index in [0.717, 1.165) is 11.6 Å². The Morgan fingerprint density at radius 3 is 2.16 bits per heavy atom. The molecule has 0 atom stereocenters. The molecule has 0 radical (unpaired) electrons. The fourth-order valence-corrected chi connectivity index (χ4v) is 2.23. The molecule has 4 heteroatoms. The third-order valence-corrected chi connectivity index (χ3v) is 3.61. The van der Waals surface area contributed by atoms with Gasteiger partial charge in [0, 0.05) is 16.7 Å². The van der Waals surface area contributed by atoms with Gasteiger partial charge in [-0.2, -0.15) is 5.10 Å². The average Bonchev–Trinajstić information content (AvgIpc) is 3.03. The second-order valence-corrected chi connectivity index (χ2v) is 5.61. The second kappa shape index (κ2) is 11.3. The summed E-state index contributed by atoms with van der Waals surface area (Å²) in [5.74, 6) is 0.506. The lowest BCUT2D eigenvalue weighted by atomic mass is 10.0. The zero-order valence-corrected chi connectivity index (χ0v) is 16.2. The van der Waals surface area contributed by atoms with Crippen LogP contribution in [0.2, 0.25) is 0 Å². The zero-order chi connectivity index (χ0) is 19.6. The van der Waals surface area contributed by atoms with Crippen molar-refractivity contribution in [2.45, 2.75) is 53.9 Å². The molecule has 0 aliphatic heterocycles. The highest BCUT2D eigenvalue weighted by Gasteiger charge is 2.10. The molecule has 1 heterocycles. The fraction of sp³-hybridized carbons (Fsp3) is 0.381. The highest BCUT2D eigenvalue weighted by atomic mass is 19.3. The molecule has 2 aromatic rings. The van der Waals surface area contributed by atoms with Gasteiger partial charge in [-0.3, -0.25) is 5.10 Å². The van der Waals surface area contributed by atoms with Crippen LogP contribution in [-0.2, 0) is 0 Å². The molecular weight excluding hydrogens is 318 g/mol. The van der Waals surface area contributed by atoms with Gasteiger partial charge < -0.3 is 0 Å². The maximum absolute atomic E-state index is 12.0. The van der Waals surface area contributed by atoms with E-state index in [9.17, 15) is 8.78 Å². The first-order valence-corrected chi connectivity index (χ1v) is 8.50. The van der Waals surface area contributed by atoms with Gasteiger partial charge >= 0.3 is 0 Å². The molecule has 1 N–H and O–H groups in total. The number of nitrogens with zero attached hydrogens (tertiary/aromatic N) is 1. The van der Waals surface area contributed by atoms with Crippen LogP contribution in [0.25, 0.3) is 10.9 Å². The van der Waals surface area contributed by atoms with Gasteiger partial charge in [0.2, 0.25) is 0 Å². The largest absolute Gasteiger partial charge is 0.281 e. The van der Waals surface area contributed by atoms with Crippen molar-refractivity contribution in [3.8, 4) is 0 Å². The molecule has 0 saturated heterocycles. The first kappa shape index (κ1) is 22.8. The molecule has 0 fully saturated rings. The number of hydrogen-bond donors (Lipinski definition) is 1. The lowest BCUT2D eigenvalue weighted by Crippen LogP contribution is -1.95. The first-order valence-electron chi connectivity index (χ1n) is 8.50. The van der Waals surface area contributed by atoms with Crippen LogP contribution in [0, 0.1) is 6.92 Å². The van der Waals surface area contributed by atoms with Crippen LogP contribution in [0.3, 0.4) is 0 Å². The molecule has 2 rings (SSSR count). The molecular formula is C21H30F2N2. The molecule has 0 saturated carbocycles. The standard InChI is InChI=1S/C11H14N2.C8H10F2.C2H6/c1-7(2)11-10-8(3)5-4-6-9(10)12-13-11;1-4-6(3)7(5-2)8(9)10;1-2/h4-7H,1-3H3,(H,12,13);4-5,8H,1-2H2,3H3;1-2H3/b;7-6+;. The van der Waals surface area contributed by atoms with E-state index in [1.807, 2.05) is 26.0 Å². The Bertz CT molecular complexity index is 710. The Hall–Kier alpha value is -2.23. The summed E-state index contributed by atoms with van der Waals surface area (Å²) in [5, 5.41) is 8.67. The quantitative estimate of drug-likeness (QED) is 0.594. The number of allylic oxidation sites excluding steroid dienone is 4. The van der Waals surface area contributed by atoms with Gasteiger partial charge in [-0.05, 0) is 37.0 Å². The predicted molar refractivity (Wildman–Crippen MR) is 105 cm³/mol. The minimum Gasteiger partial charge on any atom is -0.281 e. The van der Waals surface area contributed by atoms with Gasteiger partial charge in [0.1, 0.15) is 0 Å². The molecule has 0 amide bonds. The summed E-state index contributed by atoms with van der Waals surface area (Å²) in [4.78, 5) is 0. The van der Waals surface area contributed by atoms with Crippen molar-refractivity contribution >= 4 is 10.9 Å². The summed E-state index contributed by atoms with van der Waals surface area (Å²) >= 11 is 0. The van der Waals surface area contributed by atoms with Gasteiger partial charge in [-0.1, -0.05) is 65.1 Å². The molecule has 0 aliphatic rings. The average molecular weight is 348 g/mol. The van der Waals surface area contributed by atoms with E-state index < -0.39 is 6.43 Å². The summed E-state index contributed by atoms with van der Waals surface area (Å²) in [6.45, 7) is 18.7. The van der Waals surface area contributed by atoms with Crippen LogP contribution in [0.1, 0.15) is 51.8 Å². The molecule has 0 bridgehead atoms. The van der Waals surface area contributed by atoms with Gasteiger partial charge in [-0.25, -0.2) is 8.78 Å². The first-order chi connectivity index (χ1) is 11.8. The number of halogens is 2. The normalized spacial score (nSPS) is 11.3. The van der Waals surface area contributed by atoms with Gasteiger partial charge in [0.05, 0.1) is 5.52 Å². The van der Waals surface area contributed by atoms with E-state index in [1.54, 1.807) is 6.92 Å². The maximum atomic E-state index is 12.0. The van der Waals surface area contributed by atoms with Gasteiger partial charge in [0.25, 0.3) is 6.43 Å². The van der Waals surface area contributed by atoms with Crippen molar-refractivity contribution in [2.24, 2.45) is 0 Å². The molecule has 0 spiro atoms. The summed E-state index contributed by atoms with van der Waals surface area (Å²) in [5.41, 5.74) is 4.05. The molecule has 0 unspecified atom stereocenters. The van der Waals surface area contributed by atoms with E-state index in [1.165, 1.54) is 22.7 Å². The Morgan fingerprint density at radius 1 is 1.16 bits per heavy atom. The monoisotopic (exact) mass is 348 g/mol. The fourth-order valence-electron chi connectivity index (χ4n) is 2.23. The molecule has 0 aliphatic carbocycles. The maximum Gasteiger partial charge on any atom is 0.264 e. The van der Waals surface area contributed by atoms with Crippen LogP contribution in [0.15, 0.2) is 54.7 Å². The van der Waals surface area contributed by atoms with Crippen LogP contribution in [0.4, 0.5) is 8.78 Å². The Morgan fingerprint density at radius 2 is 1.76 bits per heavy atom. The number of hydrogen-bond acceptors (Lipinski definition) is 1. The minimum atomic E-state index is -2.45. The third kappa shape index (κ3) is 6.29. The van der Waals surface area contributed by atoms with Crippen LogP contribution in [-0.4, -0.2) is 16.6 Å².